The first-order chi connectivity index (χ1) is 14.0. The Hall–Kier alpha value is -2.12. The molecule has 0 amide bonds. The molecule has 0 aliphatic carbocycles. The van der Waals surface area contributed by atoms with Gasteiger partial charge in [0.05, 0.1) is 12.6 Å². The Bertz CT molecular complexity index is 854. The van der Waals surface area contributed by atoms with E-state index < -0.39 is 35.8 Å². The van der Waals surface area contributed by atoms with Gasteiger partial charge in [-0.2, -0.15) is 0 Å². The third-order valence-corrected chi connectivity index (χ3v) is 6.22. The van der Waals surface area contributed by atoms with Gasteiger partial charge in [0.15, 0.2) is 0 Å². The first kappa shape index (κ1) is 23.2. The second kappa shape index (κ2) is 11.8. The predicted octanol–water partition coefficient (Wildman–Crippen LogP) is 1.34. The van der Waals surface area contributed by atoms with Crippen molar-refractivity contribution >= 4 is 27.7 Å². The number of aliphatic hydroxyl groups is 1. The normalized spacial score (nSPS) is 20.8. The number of hydrogen-bond donors (Lipinski definition) is 2. The van der Waals surface area contributed by atoms with E-state index in [0.29, 0.717) is 17.1 Å². The SMILES string of the molecule is Cc1cn(C2CC(N=[N+]=[N-])C(COC(=O)OCCSSCCO)O2)c(=O)[nH]c1=O. The second-order valence-corrected chi connectivity index (χ2v) is 8.59. The maximum absolute atomic E-state index is 12.0. The van der Waals surface area contributed by atoms with Crippen molar-refractivity contribution in [2.24, 2.45) is 5.11 Å². The molecule has 2 heterocycles. The lowest BCUT2D eigenvalue weighted by molar-refractivity contribution is -0.0415. The van der Waals surface area contributed by atoms with Gasteiger partial charge in [0.1, 0.15) is 25.5 Å². The third kappa shape index (κ3) is 7.01. The van der Waals surface area contributed by atoms with Crippen LogP contribution in [0.2, 0.25) is 0 Å². The lowest BCUT2D eigenvalue weighted by atomic mass is 10.1. The predicted molar refractivity (Wildman–Crippen MR) is 107 cm³/mol. The minimum atomic E-state index is -0.887. The van der Waals surface area contributed by atoms with E-state index in [1.54, 1.807) is 6.92 Å². The number of nitrogens with one attached hydrogen (secondary N) is 1. The van der Waals surface area contributed by atoms with E-state index in [1.165, 1.54) is 32.4 Å². The smallest absolute Gasteiger partial charge is 0.433 e. The lowest BCUT2D eigenvalue weighted by Gasteiger charge is -2.16. The minimum Gasteiger partial charge on any atom is -0.433 e. The Labute approximate surface area is 172 Å². The van der Waals surface area contributed by atoms with Crippen molar-refractivity contribution < 1.29 is 24.1 Å². The number of aryl methyl sites for hydroxylation is 1. The monoisotopic (exact) mass is 447 g/mol. The molecule has 0 bridgehead atoms. The summed E-state index contributed by atoms with van der Waals surface area (Å²) in [7, 11) is 2.92. The molecular formula is C15H21N5O7S2. The van der Waals surface area contributed by atoms with Gasteiger partial charge in [0, 0.05) is 34.6 Å². The van der Waals surface area contributed by atoms with Crippen LogP contribution in [0.5, 0.6) is 0 Å². The van der Waals surface area contributed by atoms with Crippen LogP contribution in [0.4, 0.5) is 4.79 Å². The largest absolute Gasteiger partial charge is 0.508 e. The van der Waals surface area contributed by atoms with Crippen molar-refractivity contribution in [1.82, 2.24) is 9.55 Å². The van der Waals surface area contributed by atoms with E-state index in [9.17, 15) is 14.4 Å². The Kier molecular flexibility index (Phi) is 9.41. The molecule has 0 radical (unpaired) electrons. The lowest BCUT2D eigenvalue weighted by Crippen LogP contribution is -2.33. The molecule has 3 unspecified atom stereocenters. The molecule has 1 aliphatic heterocycles. The van der Waals surface area contributed by atoms with E-state index in [-0.39, 0.29) is 26.2 Å². The molecule has 0 saturated carbocycles. The molecule has 0 aromatic carbocycles. The zero-order valence-corrected chi connectivity index (χ0v) is 17.2. The zero-order valence-electron chi connectivity index (χ0n) is 15.6. The van der Waals surface area contributed by atoms with Crippen LogP contribution in [0.3, 0.4) is 0 Å². The van der Waals surface area contributed by atoms with Crippen LogP contribution in [0.15, 0.2) is 20.9 Å². The fourth-order valence-corrected chi connectivity index (χ4v) is 4.13. The van der Waals surface area contributed by atoms with Gasteiger partial charge >= 0.3 is 11.8 Å². The zero-order chi connectivity index (χ0) is 21.2. The molecular weight excluding hydrogens is 426 g/mol. The highest BCUT2D eigenvalue weighted by Crippen LogP contribution is 2.30. The van der Waals surface area contributed by atoms with Gasteiger partial charge in [0.2, 0.25) is 0 Å². The van der Waals surface area contributed by atoms with Gasteiger partial charge in [-0.3, -0.25) is 14.3 Å². The number of nitrogens with zero attached hydrogens (tertiary/aromatic N) is 4. The molecule has 1 saturated heterocycles. The molecule has 1 aromatic rings. The topological polar surface area (TPSA) is 169 Å². The van der Waals surface area contributed by atoms with Crippen molar-refractivity contribution in [2.75, 3.05) is 31.3 Å². The van der Waals surface area contributed by atoms with Gasteiger partial charge < -0.3 is 19.3 Å². The quantitative estimate of drug-likeness (QED) is 0.134. The molecule has 3 atom stereocenters. The average Bonchev–Trinajstić information content (AvgIpc) is 3.08. The molecule has 12 nitrogen and oxygen atoms in total. The third-order valence-electron chi connectivity index (χ3n) is 3.87. The number of H-pyrrole nitrogens is 1. The van der Waals surface area contributed by atoms with Crippen LogP contribution in [0.25, 0.3) is 10.4 Å². The Morgan fingerprint density at radius 2 is 2.21 bits per heavy atom. The molecule has 2 rings (SSSR count). The molecule has 1 aromatic heterocycles. The van der Waals surface area contributed by atoms with Crippen LogP contribution < -0.4 is 11.2 Å². The number of aromatic amines is 1. The van der Waals surface area contributed by atoms with Crippen LogP contribution in [0, 0.1) is 6.92 Å². The summed E-state index contributed by atoms with van der Waals surface area (Å²) in [5.74, 6) is 1.13. The second-order valence-electron chi connectivity index (χ2n) is 5.89. The number of hydrogen-bond acceptors (Lipinski definition) is 10. The van der Waals surface area contributed by atoms with Gasteiger partial charge in [-0.1, -0.05) is 26.7 Å². The number of azide groups is 1. The van der Waals surface area contributed by atoms with E-state index in [1.807, 2.05) is 0 Å². The van der Waals surface area contributed by atoms with Crippen molar-refractivity contribution in [2.45, 2.75) is 31.7 Å². The molecule has 1 aliphatic rings. The highest BCUT2D eigenvalue weighted by molar-refractivity contribution is 8.76. The summed E-state index contributed by atoms with van der Waals surface area (Å²) in [6, 6.07) is -0.664. The summed E-state index contributed by atoms with van der Waals surface area (Å²) in [6.07, 6.45) is -0.892. The molecule has 0 spiro atoms. The van der Waals surface area contributed by atoms with Crippen LogP contribution in [-0.4, -0.2) is 64.3 Å². The van der Waals surface area contributed by atoms with Crippen LogP contribution >= 0.6 is 21.6 Å². The number of aliphatic hydroxyl groups excluding tert-OH is 1. The average molecular weight is 447 g/mol. The highest BCUT2D eigenvalue weighted by atomic mass is 33.1. The summed E-state index contributed by atoms with van der Waals surface area (Å²) in [4.78, 5) is 40.2. The van der Waals surface area contributed by atoms with E-state index in [0.717, 1.165) is 0 Å². The van der Waals surface area contributed by atoms with Gasteiger partial charge in [-0.15, -0.1) is 0 Å². The maximum Gasteiger partial charge on any atom is 0.508 e. The number of aromatic nitrogens is 2. The Morgan fingerprint density at radius 3 is 2.93 bits per heavy atom. The van der Waals surface area contributed by atoms with Gasteiger partial charge in [-0.05, 0) is 12.5 Å². The van der Waals surface area contributed by atoms with E-state index >= 15 is 0 Å². The van der Waals surface area contributed by atoms with Crippen LogP contribution in [0.1, 0.15) is 18.2 Å². The number of carbonyl (C=O) groups is 1. The summed E-state index contributed by atoms with van der Waals surface area (Å²) >= 11 is 0. The standard InChI is InChI=1S/C15H21N5O7S2/c1-9-7-20(14(23)17-13(9)22)12-6-10(18-19-16)11(27-12)8-26-15(24)25-3-5-29-28-4-2-21/h7,10-12,21H,2-6,8H2,1H3,(H,17,22,23). The Morgan fingerprint density at radius 1 is 1.45 bits per heavy atom. The van der Waals surface area contributed by atoms with E-state index in [4.69, 9.17) is 24.8 Å². The number of ether oxygens (including phenoxy) is 3. The summed E-state index contributed by atoms with van der Waals surface area (Å²) in [5, 5.41) is 12.3. The fraction of sp³-hybridized carbons (Fsp3) is 0.667. The maximum atomic E-state index is 12.0. The first-order valence-corrected chi connectivity index (χ1v) is 11.1. The van der Waals surface area contributed by atoms with Crippen molar-refractivity contribution in [1.29, 1.82) is 0 Å². The number of carbonyl (C=O) groups excluding carboxylic acids is 1. The molecule has 1 fully saturated rings. The van der Waals surface area contributed by atoms with Gasteiger partial charge in [-0.25, -0.2) is 9.59 Å². The van der Waals surface area contributed by atoms with Crippen molar-refractivity contribution in [3.8, 4) is 0 Å². The summed E-state index contributed by atoms with van der Waals surface area (Å²) in [6.45, 7) is 1.55. The highest BCUT2D eigenvalue weighted by Gasteiger charge is 2.37. The van der Waals surface area contributed by atoms with Gasteiger partial charge in [0.25, 0.3) is 5.56 Å². The molecule has 160 valence electrons. The Balaban J connectivity index is 1.89. The van der Waals surface area contributed by atoms with Crippen molar-refractivity contribution in [3.05, 3.63) is 43.0 Å². The molecule has 29 heavy (non-hydrogen) atoms. The molecule has 14 heteroatoms. The van der Waals surface area contributed by atoms with Crippen LogP contribution in [-0.2, 0) is 14.2 Å². The fourth-order valence-electron chi connectivity index (χ4n) is 2.53. The number of rotatable bonds is 10. The molecule has 2 N–H and O–H groups in total. The summed E-state index contributed by atoms with van der Waals surface area (Å²) in [5.41, 5.74) is 7.93. The minimum absolute atomic E-state index is 0.0834. The van der Waals surface area contributed by atoms with E-state index in [2.05, 4.69) is 15.0 Å². The summed E-state index contributed by atoms with van der Waals surface area (Å²) < 4.78 is 16.9. The van der Waals surface area contributed by atoms with Crippen molar-refractivity contribution in [3.63, 3.8) is 0 Å². The first-order valence-electron chi connectivity index (χ1n) is 8.62.